The fourth-order valence-corrected chi connectivity index (χ4v) is 2.42. The van der Waals surface area contributed by atoms with E-state index in [-0.39, 0.29) is 14.9 Å². The smallest absolute Gasteiger partial charge is 0.200 e. The average molecular weight is 392 g/mol. The van der Waals surface area contributed by atoms with Gasteiger partial charge in [-0.1, -0.05) is 0 Å². The first-order valence-corrected chi connectivity index (χ1v) is 6.54. The van der Waals surface area contributed by atoms with E-state index in [2.05, 4.69) is 0 Å². The van der Waals surface area contributed by atoms with Gasteiger partial charge in [-0.05, 0) is 40.8 Å². The highest BCUT2D eigenvalue weighted by Gasteiger charge is 2.22. The average Bonchev–Trinajstić information content (AvgIpc) is 2.37. The number of carbonyl (C=O) groups excluding carboxylic acids is 1. The number of carbonyl (C=O) groups is 1. The van der Waals surface area contributed by atoms with E-state index in [4.69, 9.17) is 4.74 Å². The molecule has 0 spiro atoms. The van der Waals surface area contributed by atoms with Crippen LogP contribution in [0.25, 0.3) is 0 Å². The molecule has 2 aromatic carbocycles. The summed E-state index contributed by atoms with van der Waals surface area (Å²) in [5, 5.41) is 0. The van der Waals surface area contributed by atoms with Crippen LogP contribution < -0.4 is 4.74 Å². The zero-order valence-electron chi connectivity index (χ0n) is 10.2. The lowest BCUT2D eigenvalue weighted by atomic mass is 10.0. The van der Waals surface area contributed by atoms with E-state index in [1.54, 1.807) is 22.6 Å². The van der Waals surface area contributed by atoms with Crippen molar-refractivity contribution in [2.75, 3.05) is 7.11 Å². The second kappa shape index (κ2) is 5.82. The molecule has 104 valence electrons. The van der Waals surface area contributed by atoms with E-state index >= 15 is 0 Å². The van der Waals surface area contributed by atoms with Gasteiger partial charge in [0.25, 0.3) is 0 Å². The summed E-state index contributed by atoms with van der Waals surface area (Å²) < 4.78 is 45.6. The van der Waals surface area contributed by atoms with Crippen LogP contribution in [0.1, 0.15) is 15.9 Å². The molecule has 0 aliphatic carbocycles. The minimum absolute atomic E-state index is 0.0228. The van der Waals surface area contributed by atoms with Gasteiger partial charge in [0.2, 0.25) is 0 Å². The lowest BCUT2D eigenvalue weighted by Crippen LogP contribution is -2.10. The number of ether oxygens (including phenoxy) is 1. The monoisotopic (exact) mass is 392 g/mol. The van der Waals surface area contributed by atoms with Crippen LogP contribution in [-0.4, -0.2) is 12.9 Å². The molecule has 0 unspecified atom stereocenters. The predicted octanol–water partition coefficient (Wildman–Crippen LogP) is 3.95. The number of hydrogen-bond donors (Lipinski definition) is 0. The lowest BCUT2D eigenvalue weighted by molar-refractivity contribution is 0.103. The minimum Gasteiger partial charge on any atom is -0.497 e. The molecule has 0 radical (unpaired) electrons. The van der Waals surface area contributed by atoms with Crippen molar-refractivity contribution in [1.82, 2.24) is 0 Å². The summed E-state index contributed by atoms with van der Waals surface area (Å²) in [7, 11) is 1.26. The summed E-state index contributed by atoms with van der Waals surface area (Å²) in [4.78, 5) is 12.2. The Morgan fingerprint density at radius 1 is 1.10 bits per heavy atom. The number of halogens is 4. The number of methoxy groups -OCH3 is 1. The molecule has 0 saturated heterocycles. The Bertz CT molecular complexity index is 663. The second-order valence-electron chi connectivity index (χ2n) is 3.92. The summed E-state index contributed by atoms with van der Waals surface area (Å²) in [5.74, 6) is -3.43. The summed E-state index contributed by atoms with van der Waals surface area (Å²) in [5.41, 5.74) is -0.648. The largest absolute Gasteiger partial charge is 0.497 e. The Hall–Kier alpha value is -1.57. The molecule has 2 nitrogen and oxygen atoms in total. The van der Waals surface area contributed by atoms with E-state index in [1.807, 2.05) is 0 Å². The molecule has 0 aromatic heterocycles. The second-order valence-corrected chi connectivity index (χ2v) is 5.08. The number of hydrogen-bond acceptors (Lipinski definition) is 2. The molecule has 0 atom stereocenters. The van der Waals surface area contributed by atoms with Crippen LogP contribution in [0.2, 0.25) is 0 Å². The maximum Gasteiger partial charge on any atom is 0.200 e. The van der Waals surface area contributed by atoms with Gasteiger partial charge >= 0.3 is 0 Å². The van der Waals surface area contributed by atoms with Crippen molar-refractivity contribution in [3.63, 3.8) is 0 Å². The third kappa shape index (κ3) is 2.79. The maximum atomic E-state index is 13.8. The highest BCUT2D eigenvalue weighted by atomic mass is 127. The molecule has 2 rings (SSSR count). The quantitative estimate of drug-likeness (QED) is 0.584. The topological polar surface area (TPSA) is 26.3 Å². The van der Waals surface area contributed by atoms with Crippen molar-refractivity contribution < 1.29 is 22.7 Å². The van der Waals surface area contributed by atoms with Crippen molar-refractivity contribution in [3.05, 3.63) is 62.5 Å². The van der Waals surface area contributed by atoms with Crippen molar-refractivity contribution in [3.8, 4) is 5.75 Å². The predicted molar refractivity (Wildman–Crippen MR) is 75.5 cm³/mol. The van der Waals surface area contributed by atoms with E-state index in [9.17, 15) is 18.0 Å². The van der Waals surface area contributed by atoms with Crippen molar-refractivity contribution >= 4 is 28.4 Å². The van der Waals surface area contributed by atoms with Gasteiger partial charge in [0.1, 0.15) is 23.2 Å². The zero-order valence-corrected chi connectivity index (χ0v) is 12.4. The molecule has 6 heteroatoms. The fourth-order valence-electron chi connectivity index (χ4n) is 1.69. The minimum atomic E-state index is -1.02. The van der Waals surface area contributed by atoms with Gasteiger partial charge in [-0.2, -0.15) is 0 Å². The summed E-state index contributed by atoms with van der Waals surface area (Å²) in [6.45, 7) is 0. The Labute approximate surface area is 126 Å². The Morgan fingerprint density at radius 3 is 2.20 bits per heavy atom. The first kappa shape index (κ1) is 14.8. The summed E-state index contributed by atoms with van der Waals surface area (Å²) in [6.07, 6.45) is 0. The van der Waals surface area contributed by atoms with Crippen molar-refractivity contribution in [1.29, 1.82) is 0 Å². The molecule has 0 heterocycles. The van der Waals surface area contributed by atoms with Crippen molar-refractivity contribution in [2.24, 2.45) is 0 Å². The molecule has 0 amide bonds. The highest BCUT2D eigenvalue weighted by molar-refractivity contribution is 14.1. The Morgan fingerprint density at radius 2 is 1.70 bits per heavy atom. The summed E-state index contributed by atoms with van der Waals surface area (Å²) >= 11 is 1.74. The third-order valence-corrected chi connectivity index (χ3v) is 3.55. The molecule has 0 fully saturated rings. The van der Waals surface area contributed by atoms with E-state index in [0.29, 0.717) is 0 Å². The van der Waals surface area contributed by atoms with Crippen molar-refractivity contribution in [2.45, 2.75) is 0 Å². The van der Waals surface area contributed by atoms with Gasteiger partial charge in [-0.25, -0.2) is 13.2 Å². The first-order chi connectivity index (χ1) is 9.43. The molecule has 0 aliphatic rings. The normalized spacial score (nSPS) is 10.4. The lowest BCUT2D eigenvalue weighted by Gasteiger charge is -2.08. The Balaban J connectivity index is 2.54. The first-order valence-electron chi connectivity index (χ1n) is 5.47. The number of benzene rings is 2. The van der Waals surface area contributed by atoms with Crippen LogP contribution in [0.5, 0.6) is 5.75 Å². The van der Waals surface area contributed by atoms with Gasteiger partial charge in [-0.15, -0.1) is 0 Å². The molecule has 0 saturated carbocycles. The molecule has 0 bridgehead atoms. The molecule has 0 aliphatic heterocycles. The highest BCUT2D eigenvalue weighted by Crippen LogP contribution is 2.25. The van der Waals surface area contributed by atoms with Crippen LogP contribution in [0.4, 0.5) is 13.2 Å². The fraction of sp³-hybridized carbons (Fsp3) is 0.0714. The number of ketones is 1. The SMILES string of the molecule is COc1cc(F)c(C(=O)c2ccc(F)cc2I)c(F)c1. The van der Waals surface area contributed by atoms with E-state index in [0.717, 1.165) is 24.3 Å². The zero-order chi connectivity index (χ0) is 14.9. The number of rotatable bonds is 3. The maximum absolute atomic E-state index is 13.8. The van der Waals surface area contributed by atoms with Crippen LogP contribution in [0.3, 0.4) is 0 Å². The third-order valence-electron chi connectivity index (χ3n) is 2.65. The summed E-state index contributed by atoms with van der Waals surface area (Å²) in [6, 6.07) is 5.23. The molecule has 0 N–H and O–H groups in total. The van der Waals surface area contributed by atoms with Crippen LogP contribution >= 0.6 is 22.6 Å². The standard InChI is InChI=1S/C14H8F3IO2/c1-20-8-5-10(16)13(11(17)6-8)14(19)9-3-2-7(15)4-12(9)18/h2-6H,1H3. The van der Waals surface area contributed by atoms with Gasteiger partial charge in [0, 0.05) is 21.3 Å². The van der Waals surface area contributed by atoms with Crippen LogP contribution in [0.15, 0.2) is 30.3 Å². The van der Waals surface area contributed by atoms with Gasteiger partial charge < -0.3 is 4.74 Å². The van der Waals surface area contributed by atoms with Crippen LogP contribution in [0, 0.1) is 21.0 Å². The van der Waals surface area contributed by atoms with Gasteiger partial charge in [-0.3, -0.25) is 4.79 Å². The molecular formula is C14H8F3IO2. The van der Waals surface area contributed by atoms with E-state index < -0.39 is 28.8 Å². The van der Waals surface area contributed by atoms with E-state index in [1.165, 1.54) is 13.2 Å². The van der Waals surface area contributed by atoms with Gasteiger partial charge in [0.15, 0.2) is 5.78 Å². The molecule has 2 aromatic rings. The van der Waals surface area contributed by atoms with Gasteiger partial charge in [0.05, 0.1) is 12.7 Å². The Kier molecular flexibility index (Phi) is 4.32. The van der Waals surface area contributed by atoms with Crippen LogP contribution in [-0.2, 0) is 0 Å². The molecular weight excluding hydrogens is 384 g/mol. The molecule has 20 heavy (non-hydrogen) atoms.